The Labute approximate surface area is 125 Å². The largest absolute Gasteiger partial charge is 0.454 e. The van der Waals surface area contributed by atoms with Crippen molar-refractivity contribution in [1.82, 2.24) is 0 Å². The van der Waals surface area contributed by atoms with Gasteiger partial charge in [0.05, 0.1) is 5.56 Å². The zero-order valence-electron chi connectivity index (χ0n) is 11.8. The first-order valence-corrected chi connectivity index (χ1v) is 6.26. The summed E-state index contributed by atoms with van der Waals surface area (Å²) in [6.07, 6.45) is 0.183. The first kappa shape index (κ1) is 17.3. The van der Waals surface area contributed by atoms with Gasteiger partial charge in [-0.15, -0.1) is 0 Å². The third-order valence-electron chi connectivity index (χ3n) is 2.71. The first-order chi connectivity index (χ1) is 10.3. The van der Waals surface area contributed by atoms with E-state index in [1.54, 1.807) is 6.92 Å². The monoisotopic (exact) mass is 311 g/mol. The van der Waals surface area contributed by atoms with Crippen molar-refractivity contribution in [1.29, 1.82) is 5.41 Å². The molecule has 0 aliphatic heterocycles. The molecule has 0 saturated heterocycles. The van der Waals surface area contributed by atoms with Gasteiger partial charge in [0.1, 0.15) is 23.0 Å². The number of rotatable bonds is 6. The van der Waals surface area contributed by atoms with E-state index >= 15 is 0 Å². The molecule has 0 unspecified atom stereocenters. The summed E-state index contributed by atoms with van der Waals surface area (Å²) in [6, 6.07) is 2.40. The van der Waals surface area contributed by atoms with Crippen LogP contribution in [0.1, 0.15) is 23.7 Å². The molecule has 0 saturated carbocycles. The van der Waals surface area contributed by atoms with Gasteiger partial charge in [0.25, 0.3) is 0 Å². The summed E-state index contributed by atoms with van der Waals surface area (Å²) in [4.78, 5) is 23.5. The van der Waals surface area contributed by atoms with E-state index in [0.29, 0.717) is 6.07 Å². The number of hydrogen-bond donors (Lipinski definition) is 3. The van der Waals surface area contributed by atoms with Crippen molar-refractivity contribution in [2.45, 2.75) is 13.3 Å². The topological polar surface area (TPSA) is 119 Å². The number of Topliss-reactive ketones (excluding diaryl/α,β-unsaturated/α-hetero) is 1. The van der Waals surface area contributed by atoms with Crippen molar-refractivity contribution in [3.8, 4) is 0 Å². The highest BCUT2D eigenvalue weighted by molar-refractivity contribution is 6.19. The minimum Gasteiger partial charge on any atom is -0.454 e. The van der Waals surface area contributed by atoms with Gasteiger partial charge in [-0.1, -0.05) is 6.92 Å². The Hall–Kier alpha value is -2.77. The number of halogens is 2. The number of carbonyl (C=O) groups excluding carboxylic acids is 2. The molecule has 0 fully saturated rings. The van der Waals surface area contributed by atoms with E-state index < -0.39 is 41.4 Å². The van der Waals surface area contributed by atoms with E-state index in [4.69, 9.17) is 16.9 Å². The summed E-state index contributed by atoms with van der Waals surface area (Å²) in [6.45, 7) is 0.826. The van der Waals surface area contributed by atoms with Crippen LogP contribution in [-0.4, -0.2) is 24.1 Å². The zero-order valence-corrected chi connectivity index (χ0v) is 11.8. The van der Waals surface area contributed by atoms with Gasteiger partial charge in [0, 0.05) is 11.8 Å². The van der Waals surface area contributed by atoms with Gasteiger partial charge in [-0.05, 0) is 18.6 Å². The summed E-state index contributed by atoms with van der Waals surface area (Å²) < 4.78 is 30.8. The van der Waals surface area contributed by atoms with Crippen LogP contribution in [0.25, 0.3) is 0 Å². The van der Waals surface area contributed by atoms with E-state index in [0.717, 1.165) is 12.1 Å². The third kappa shape index (κ3) is 4.11. The summed E-state index contributed by atoms with van der Waals surface area (Å²) >= 11 is 0. The van der Waals surface area contributed by atoms with E-state index in [1.165, 1.54) is 0 Å². The molecular weight excluding hydrogens is 296 g/mol. The Morgan fingerprint density at radius 3 is 2.41 bits per heavy atom. The van der Waals surface area contributed by atoms with Crippen LogP contribution in [-0.2, 0) is 9.53 Å². The minimum atomic E-state index is -1.06. The summed E-state index contributed by atoms with van der Waals surface area (Å²) in [5.41, 5.74) is 9.71. The molecule has 1 aromatic rings. The van der Waals surface area contributed by atoms with Crippen LogP contribution in [0.3, 0.4) is 0 Å². The lowest BCUT2D eigenvalue weighted by Crippen LogP contribution is -2.26. The molecule has 0 aliphatic rings. The van der Waals surface area contributed by atoms with Crippen molar-refractivity contribution in [2.24, 2.45) is 11.5 Å². The Bertz CT molecular complexity index is 653. The quantitative estimate of drug-likeness (QED) is 0.316. The number of nitrogens with one attached hydrogen (secondary N) is 1. The number of ketones is 1. The summed E-state index contributed by atoms with van der Waals surface area (Å²) in [7, 11) is 0. The Morgan fingerprint density at radius 1 is 1.27 bits per heavy atom. The molecule has 0 bridgehead atoms. The van der Waals surface area contributed by atoms with Crippen LogP contribution in [0.4, 0.5) is 8.78 Å². The standard InChI is InChI=1S/C14H15F2N3O3/c1-2-10(17)12(13(18)19)14(21)22-6-11(20)8-4-3-7(15)5-9(8)16/h3-5,17H,2,6,18-19H2,1H3. The van der Waals surface area contributed by atoms with Crippen molar-refractivity contribution < 1.29 is 23.1 Å². The highest BCUT2D eigenvalue weighted by Gasteiger charge is 2.21. The lowest BCUT2D eigenvalue weighted by atomic mass is 10.1. The van der Waals surface area contributed by atoms with E-state index in [2.05, 4.69) is 4.74 Å². The maximum Gasteiger partial charge on any atom is 0.344 e. The van der Waals surface area contributed by atoms with Crippen molar-refractivity contribution >= 4 is 17.5 Å². The number of ether oxygens (including phenoxy) is 1. The van der Waals surface area contributed by atoms with Gasteiger partial charge in [-0.2, -0.15) is 0 Å². The van der Waals surface area contributed by atoms with E-state index in [-0.39, 0.29) is 17.7 Å². The molecule has 0 heterocycles. The second kappa shape index (κ2) is 7.30. The van der Waals surface area contributed by atoms with E-state index in [1.807, 2.05) is 0 Å². The lowest BCUT2D eigenvalue weighted by Gasteiger charge is -2.09. The van der Waals surface area contributed by atoms with E-state index in [9.17, 15) is 18.4 Å². The fourth-order valence-corrected chi connectivity index (χ4v) is 1.59. The SMILES string of the molecule is CCC(=N)C(C(=O)OCC(=O)c1ccc(F)cc1F)=C(N)N. The Kier molecular flexibility index (Phi) is 5.73. The van der Waals surface area contributed by atoms with Crippen LogP contribution >= 0.6 is 0 Å². The average Bonchev–Trinajstić information content (AvgIpc) is 2.44. The zero-order chi connectivity index (χ0) is 16.9. The van der Waals surface area contributed by atoms with Crippen LogP contribution < -0.4 is 11.5 Å². The van der Waals surface area contributed by atoms with Gasteiger partial charge in [-0.25, -0.2) is 13.6 Å². The van der Waals surface area contributed by atoms with Crippen LogP contribution in [0.5, 0.6) is 0 Å². The molecule has 22 heavy (non-hydrogen) atoms. The van der Waals surface area contributed by atoms with Crippen LogP contribution in [0.2, 0.25) is 0 Å². The number of hydrogen-bond acceptors (Lipinski definition) is 6. The maximum atomic E-state index is 13.4. The smallest absolute Gasteiger partial charge is 0.344 e. The van der Waals surface area contributed by atoms with Crippen molar-refractivity contribution in [2.75, 3.05) is 6.61 Å². The molecule has 1 rings (SSSR count). The molecule has 0 aromatic heterocycles. The number of esters is 1. The second-order valence-electron chi connectivity index (χ2n) is 4.29. The predicted octanol–water partition coefficient (Wildman–Crippen LogP) is 1.25. The molecule has 5 N–H and O–H groups in total. The second-order valence-corrected chi connectivity index (χ2v) is 4.29. The molecule has 0 atom stereocenters. The molecule has 0 radical (unpaired) electrons. The normalized spacial score (nSPS) is 9.95. The average molecular weight is 311 g/mol. The lowest BCUT2D eigenvalue weighted by molar-refractivity contribution is -0.137. The molecule has 6 nitrogen and oxygen atoms in total. The molecule has 0 spiro atoms. The van der Waals surface area contributed by atoms with Gasteiger partial charge in [0.15, 0.2) is 6.61 Å². The summed E-state index contributed by atoms with van der Waals surface area (Å²) in [5.74, 6) is -4.20. The molecule has 1 aromatic carbocycles. The van der Waals surface area contributed by atoms with Crippen LogP contribution in [0.15, 0.2) is 29.6 Å². The highest BCUT2D eigenvalue weighted by Crippen LogP contribution is 2.11. The van der Waals surface area contributed by atoms with Gasteiger partial charge < -0.3 is 21.6 Å². The molecule has 0 aliphatic carbocycles. The number of nitrogens with two attached hydrogens (primary N) is 2. The minimum absolute atomic E-state index is 0.148. The fraction of sp³-hybridized carbons (Fsp3) is 0.214. The predicted molar refractivity (Wildman–Crippen MR) is 75.1 cm³/mol. The molecule has 8 heteroatoms. The molecular formula is C14H15F2N3O3. The van der Waals surface area contributed by atoms with Crippen molar-refractivity contribution in [3.05, 3.63) is 46.8 Å². The summed E-state index contributed by atoms with van der Waals surface area (Å²) in [5, 5.41) is 7.56. The van der Waals surface area contributed by atoms with Gasteiger partial charge in [-0.3, -0.25) is 4.79 Å². The number of benzene rings is 1. The Balaban J connectivity index is 2.81. The Morgan fingerprint density at radius 2 is 1.91 bits per heavy atom. The highest BCUT2D eigenvalue weighted by atomic mass is 19.1. The van der Waals surface area contributed by atoms with Crippen molar-refractivity contribution in [3.63, 3.8) is 0 Å². The first-order valence-electron chi connectivity index (χ1n) is 6.26. The number of carbonyl (C=O) groups is 2. The third-order valence-corrected chi connectivity index (χ3v) is 2.71. The van der Waals surface area contributed by atoms with Gasteiger partial charge >= 0.3 is 5.97 Å². The molecule has 0 amide bonds. The fourth-order valence-electron chi connectivity index (χ4n) is 1.59. The maximum absolute atomic E-state index is 13.4. The molecule has 118 valence electrons. The van der Waals surface area contributed by atoms with Gasteiger partial charge in [0.2, 0.25) is 5.78 Å². The van der Waals surface area contributed by atoms with Crippen LogP contribution in [0, 0.1) is 17.0 Å².